The van der Waals surface area contributed by atoms with E-state index in [1.165, 1.54) is 23.5 Å². The summed E-state index contributed by atoms with van der Waals surface area (Å²) in [5.74, 6) is 0.909. The van der Waals surface area contributed by atoms with Gasteiger partial charge >= 0.3 is 0 Å². The molecule has 3 saturated heterocycles. The first-order valence-electron chi connectivity index (χ1n) is 14.7. The highest BCUT2D eigenvalue weighted by atomic mass is 32.1. The molecule has 1 aromatic carbocycles. The standard InChI is InChI=1S/C31H33FN8O2S/c1-4-40-28(37(3)30-35-26(25(14-33)43-30)20-5-7-22(32)8-6-20)23-13-24(19(2)34-27(23)36-40)38-15-31(16-38)17-39(18-31)29(41)21-9-11-42-12-10-21/h5-8,13,21H,4,9-12,15-18H2,1-3H3. The number of ether oxygens (including phenoxy) is 1. The Morgan fingerprint density at radius 1 is 1.19 bits per heavy atom. The van der Waals surface area contributed by atoms with Gasteiger partial charge in [-0.15, -0.1) is 0 Å². The summed E-state index contributed by atoms with van der Waals surface area (Å²) in [5, 5.41) is 16.2. The van der Waals surface area contributed by atoms with E-state index in [2.05, 4.69) is 17.0 Å². The lowest BCUT2D eigenvalue weighted by Gasteiger charge is -2.61. The van der Waals surface area contributed by atoms with Crippen LogP contribution in [-0.4, -0.2) is 77.0 Å². The van der Waals surface area contributed by atoms with Crippen molar-refractivity contribution in [1.29, 1.82) is 5.26 Å². The number of benzene rings is 1. The molecule has 12 heteroatoms. The summed E-state index contributed by atoms with van der Waals surface area (Å²) in [6.45, 7) is 9.47. The van der Waals surface area contributed by atoms with Gasteiger partial charge in [0, 0.05) is 69.9 Å². The van der Waals surface area contributed by atoms with Gasteiger partial charge in [-0.2, -0.15) is 10.4 Å². The van der Waals surface area contributed by atoms with Crippen LogP contribution in [0.4, 0.5) is 21.0 Å². The number of nitrogens with zero attached hydrogens (tertiary/aromatic N) is 8. The van der Waals surface area contributed by atoms with E-state index in [9.17, 15) is 14.4 Å². The number of hydrogen-bond donors (Lipinski definition) is 0. The number of thiazole rings is 1. The Balaban J connectivity index is 1.14. The van der Waals surface area contributed by atoms with Crippen molar-refractivity contribution in [2.45, 2.75) is 33.2 Å². The number of halogens is 1. The van der Waals surface area contributed by atoms with Crippen LogP contribution >= 0.6 is 11.3 Å². The second-order valence-corrected chi connectivity index (χ2v) is 12.9. The maximum absolute atomic E-state index is 13.5. The summed E-state index contributed by atoms with van der Waals surface area (Å²) >= 11 is 1.29. The van der Waals surface area contributed by atoms with Crippen molar-refractivity contribution < 1.29 is 13.9 Å². The highest BCUT2D eigenvalue weighted by Crippen LogP contribution is 2.45. The molecular weight excluding hydrogens is 567 g/mol. The Bertz CT molecular complexity index is 1740. The number of pyridine rings is 1. The van der Waals surface area contributed by atoms with Gasteiger partial charge < -0.3 is 19.4 Å². The fourth-order valence-electron chi connectivity index (χ4n) is 6.70. The summed E-state index contributed by atoms with van der Waals surface area (Å²) in [6, 6.07) is 10.4. The Kier molecular flexibility index (Phi) is 6.82. The van der Waals surface area contributed by atoms with Gasteiger partial charge in [0.2, 0.25) is 5.91 Å². The molecular formula is C31H33FN8O2S. The van der Waals surface area contributed by atoms with Crippen LogP contribution in [0.25, 0.3) is 22.3 Å². The van der Waals surface area contributed by atoms with Gasteiger partial charge in [0.25, 0.3) is 0 Å². The quantitative estimate of drug-likeness (QED) is 0.313. The fraction of sp³-hybridized carbons (Fsp3) is 0.452. The molecule has 3 aliphatic heterocycles. The van der Waals surface area contributed by atoms with Crippen molar-refractivity contribution in [3.63, 3.8) is 0 Å². The molecule has 1 amide bonds. The van der Waals surface area contributed by atoms with Gasteiger partial charge in [0.05, 0.1) is 16.8 Å². The first kappa shape index (κ1) is 27.7. The number of nitriles is 1. The van der Waals surface area contributed by atoms with E-state index in [1.54, 1.807) is 12.1 Å². The molecule has 10 nitrogen and oxygen atoms in total. The maximum atomic E-state index is 13.5. The van der Waals surface area contributed by atoms with Gasteiger partial charge in [-0.25, -0.2) is 19.0 Å². The first-order chi connectivity index (χ1) is 20.8. The average molecular weight is 601 g/mol. The number of fused-ring (bicyclic) bond motifs is 1. The molecule has 1 spiro atoms. The third kappa shape index (κ3) is 4.71. The van der Waals surface area contributed by atoms with Gasteiger partial charge in [0.15, 0.2) is 10.8 Å². The predicted molar refractivity (Wildman–Crippen MR) is 163 cm³/mol. The van der Waals surface area contributed by atoms with E-state index in [0.717, 1.165) is 61.6 Å². The summed E-state index contributed by atoms with van der Waals surface area (Å²) in [5.41, 5.74) is 4.03. The summed E-state index contributed by atoms with van der Waals surface area (Å²) < 4.78 is 20.9. The number of hydrogen-bond acceptors (Lipinski definition) is 9. The number of carbonyl (C=O) groups excluding carboxylic acids is 1. The van der Waals surface area contributed by atoms with E-state index in [-0.39, 0.29) is 23.1 Å². The molecule has 7 rings (SSSR count). The van der Waals surface area contributed by atoms with E-state index in [1.807, 2.05) is 35.4 Å². The van der Waals surface area contributed by atoms with Crippen LogP contribution in [0, 0.1) is 35.4 Å². The highest BCUT2D eigenvalue weighted by molar-refractivity contribution is 7.16. The molecule has 43 heavy (non-hydrogen) atoms. The number of amides is 1. The molecule has 3 fully saturated rings. The zero-order valence-electron chi connectivity index (χ0n) is 24.5. The van der Waals surface area contributed by atoms with Crippen molar-refractivity contribution in [1.82, 2.24) is 24.6 Å². The number of rotatable bonds is 6. The predicted octanol–water partition coefficient (Wildman–Crippen LogP) is 4.74. The van der Waals surface area contributed by atoms with Crippen LogP contribution in [0.2, 0.25) is 0 Å². The van der Waals surface area contributed by atoms with Crippen molar-refractivity contribution >= 4 is 44.9 Å². The van der Waals surface area contributed by atoms with E-state index >= 15 is 0 Å². The van der Waals surface area contributed by atoms with Crippen LogP contribution < -0.4 is 9.80 Å². The molecule has 3 aromatic heterocycles. The van der Waals surface area contributed by atoms with Crippen LogP contribution in [0.3, 0.4) is 0 Å². The smallest absolute Gasteiger partial charge is 0.225 e. The summed E-state index contributed by atoms with van der Waals surface area (Å²) in [7, 11) is 1.92. The normalized spacial score (nSPS) is 18.0. The SMILES string of the molecule is CCn1nc2nc(C)c(N3CC4(CN(C(=O)C5CCOCC5)C4)C3)cc2c1N(C)c1nc(-c2ccc(F)cc2)c(C#N)s1. The van der Waals surface area contributed by atoms with Crippen molar-refractivity contribution in [3.8, 4) is 17.3 Å². The molecule has 4 aromatic rings. The minimum absolute atomic E-state index is 0.107. The summed E-state index contributed by atoms with van der Waals surface area (Å²) in [6.07, 6.45) is 1.65. The minimum Gasteiger partial charge on any atom is -0.381 e. The number of anilines is 3. The van der Waals surface area contributed by atoms with Crippen molar-refractivity contribution in [3.05, 3.63) is 46.7 Å². The first-order valence-corrected chi connectivity index (χ1v) is 15.5. The molecule has 0 N–H and O–H groups in total. The molecule has 222 valence electrons. The zero-order chi connectivity index (χ0) is 29.9. The summed E-state index contributed by atoms with van der Waals surface area (Å²) in [4.78, 5) is 29.4. The van der Waals surface area contributed by atoms with Gasteiger partial charge in [0.1, 0.15) is 28.3 Å². The van der Waals surface area contributed by atoms with E-state index < -0.39 is 0 Å². The minimum atomic E-state index is -0.335. The number of aryl methyl sites for hydroxylation is 2. The van der Waals surface area contributed by atoms with E-state index in [0.29, 0.717) is 46.7 Å². The topological polar surface area (TPSA) is 103 Å². The highest BCUT2D eigenvalue weighted by Gasteiger charge is 2.54. The third-order valence-electron chi connectivity index (χ3n) is 8.93. The number of aromatic nitrogens is 4. The molecule has 0 saturated carbocycles. The van der Waals surface area contributed by atoms with Crippen LogP contribution in [0.1, 0.15) is 30.3 Å². The van der Waals surface area contributed by atoms with E-state index in [4.69, 9.17) is 19.8 Å². The molecule has 0 unspecified atom stereocenters. The second kappa shape index (κ2) is 10.6. The fourth-order valence-corrected chi connectivity index (χ4v) is 7.54. The van der Waals surface area contributed by atoms with Gasteiger partial charge in [-0.05, 0) is 57.0 Å². The average Bonchev–Trinajstić information content (AvgIpc) is 3.57. The monoisotopic (exact) mass is 600 g/mol. The Morgan fingerprint density at radius 3 is 2.58 bits per heavy atom. The maximum Gasteiger partial charge on any atom is 0.225 e. The Hall–Kier alpha value is -4.08. The molecule has 0 radical (unpaired) electrons. The molecule has 0 bridgehead atoms. The lowest BCUT2D eigenvalue weighted by atomic mass is 9.72. The largest absolute Gasteiger partial charge is 0.381 e. The van der Waals surface area contributed by atoms with Crippen molar-refractivity contribution in [2.24, 2.45) is 11.3 Å². The Labute approximate surface area is 253 Å². The van der Waals surface area contributed by atoms with Gasteiger partial charge in [-0.1, -0.05) is 11.3 Å². The van der Waals surface area contributed by atoms with Crippen LogP contribution in [-0.2, 0) is 16.1 Å². The molecule has 0 aliphatic carbocycles. The molecule has 6 heterocycles. The molecule has 0 atom stereocenters. The van der Waals surface area contributed by atoms with Gasteiger partial charge in [-0.3, -0.25) is 4.79 Å². The Morgan fingerprint density at radius 2 is 1.91 bits per heavy atom. The number of likely N-dealkylation sites (tertiary alicyclic amines) is 1. The molecule has 3 aliphatic rings. The lowest BCUT2D eigenvalue weighted by molar-refractivity contribution is -0.152. The second-order valence-electron chi connectivity index (χ2n) is 11.9. The van der Waals surface area contributed by atoms with Crippen molar-refractivity contribution in [2.75, 3.05) is 56.2 Å². The number of carbonyl (C=O) groups is 1. The van der Waals surface area contributed by atoms with Crippen LogP contribution in [0.15, 0.2) is 30.3 Å². The lowest BCUT2D eigenvalue weighted by Crippen LogP contribution is -2.73. The van der Waals surface area contributed by atoms with Crippen LogP contribution in [0.5, 0.6) is 0 Å². The third-order valence-corrected chi connectivity index (χ3v) is 9.97. The zero-order valence-corrected chi connectivity index (χ0v) is 25.3.